The molecule has 0 atom stereocenters. The molecule has 0 aliphatic heterocycles. The number of anilines is 2. The maximum absolute atomic E-state index is 13.6. The summed E-state index contributed by atoms with van der Waals surface area (Å²) in [5.74, 6) is -1.23. The molecule has 0 fully saturated rings. The van der Waals surface area contributed by atoms with E-state index in [2.05, 4.69) is 20.6 Å². The van der Waals surface area contributed by atoms with E-state index in [1.807, 2.05) is 0 Å². The van der Waals surface area contributed by atoms with Crippen molar-refractivity contribution in [3.63, 3.8) is 0 Å². The number of hydrogen-bond acceptors (Lipinski definition) is 9. The molecular formula is C28H24N6O7. The van der Waals surface area contributed by atoms with Crippen LogP contribution >= 0.6 is 0 Å². The first kappa shape index (κ1) is 26.7. The maximum atomic E-state index is 13.6. The van der Waals surface area contributed by atoms with E-state index in [9.17, 15) is 24.6 Å². The summed E-state index contributed by atoms with van der Waals surface area (Å²) in [6, 6.07) is 18.7. The molecule has 3 heterocycles. The second-order valence-corrected chi connectivity index (χ2v) is 8.68. The zero-order chi connectivity index (χ0) is 28.9. The number of urea groups is 1. The number of aromatic hydroxyl groups is 2. The van der Waals surface area contributed by atoms with Crippen LogP contribution in [-0.2, 0) is 11.2 Å². The normalized spacial score (nSPS) is 10.8. The van der Waals surface area contributed by atoms with Crippen LogP contribution in [0.5, 0.6) is 17.5 Å². The van der Waals surface area contributed by atoms with Crippen molar-refractivity contribution in [1.29, 1.82) is 0 Å². The average molecular weight is 557 g/mol. The van der Waals surface area contributed by atoms with Crippen molar-refractivity contribution in [3.8, 4) is 23.2 Å². The molecule has 13 heteroatoms. The number of carbonyl (C=O) groups is 2. The van der Waals surface area contributed by atoms with E-state index in [-0.39, 0.29) is 24.2 Å². The van der Waals surface area contributed by atoms with Gasteiger partial charge in [0.25, 0.3) is 5.56 Å². The Morgan fingerprint density at radius 2 is 1.73 bits per heavy atom. The van der Waals surface area contributed by atoms with Gasteiger partial charge in [-0.25, -0.2) is 19.6 Å². The first-order valence-electron chi connectivity index (χ1n) is 12.3. The molecule has 0 saturated carbocycles. The molecule has 0 aliphatic carbocycles. The van der Waals surface area contributed by atoms with E-state index in [0.717, 1.165) is 12.1 Å². The van der Waals surface area contributed by atoms with Gasteiger partial charge in [-0.15, -0.1) is 4.73 Å². The van der Waals surface area contributed by atoms with Crippen molar-refractivity contribution >= 4 is 34.5 Å². The van der Waals surface area contributed by atoms with Crippen LogP contribution in [0.1, 0.15) is 12.1 Å². The average Bonchev–Trinajstić information content (AvgIpc) is 3.28. The fourth-order valence-corrected chi connectivity index (χ4v) is 4.09. The number of para-hydroxylation sites is 2. The minimum atomic E-state index is -0.807. The Kier molecular flexibility index (Phi) is 7.50. The van der Waals surface area contributed by atoms with Crippen molar-refractivity contribution in [3.05, 3.63) is 95.0 Å². The van der Waals surface area contributed by atoms with Gasteiger partial charge in [0.2, 0.25) is 11.8 Å². The molecule has 3 aromatic heterocycles. The number of aryl methyl sites for hydroxylation is 1. The third kappa shape index (κ3) is 5.78. The molecule has 2 amide bonds. The van der Waals surface area contributed by atoms with Crippen molar-refractivity contribution in [1.82, 2.24) is 19.3 Å². The lowest BCUT2D eigenvalue weighted by atomic mass is 10.2. The largest absolute Gasteiger partial charge is 0.495 e. The number of benzene rings is 2. The molecule has 0 aliphatic rings. The number of aromatic nitrogens is 4. The zero-order valence-corrected chi connectivity index (χ0v) is 21.6. The molecule has 41 heavy (non-hydrogen) atoms. The van der Waals surface area contributed by atoms with Gasteiger partial charge < -0.3 is 30.4 Å². The van der Waals surface area contributed by atoms with Gasteiger partial charge in [-0.05, 0) is 42.5 Å². The van der Waals surface area contributed by atoms with E-state index in [1.54, 1.807) is 60.7 Å². The van der Waals surface area contributed by atoms with E-state index in [4.69, 9.17) is 9.57 Å². The highest BCUT2D eigenvalue weighted by Crippen LogP contribution is 2.24. The predicted octanol–water partition coefficient (Wildman–Crippen LogP) is 3.23. The molecular weight excluding hydrogens is 532 g/mol. The van der Waals surface area contributed by atoms with Crippen LogP contribution < -0.4 is 25.8 Å². The topological polar surface area (TPSA) is 170 Å². The second kappa shape index (κ2) is 11.5. The van der Waals surface area contributed by atoms with Gasteiger partial charge >= 0.3 is 12.0 Å². The van der Waals surface area contributed by atoms with E-state index < -0.39 is 29.3 Å². The van der Waals surface area contributed by atoms with Gasteiger partial charge in [0.05, 0.1) is 24.9 Å². The van der Waals surface area contributed by atoms with Gasteiger partial charge in [-0.1, -0.05) is 18.2 Å². The summed E-state index contributed by atoms with van der Waals surface area (Å²) in [4.78, 5) is 52.3. The van der Waals surface area contributed by atoms with Crippen LogP contribution in [0.15, 0.2) is 83.8 Å². The number of nitrogens with zero attached hydrogens (tertiary/aromatic N) is 4. The lowest BCUT2D eigenvalue weighted by Crippen LogP contribution is -2.27. The summed E-state index contributed by atoms with van der Waals surface area (Å²) in [6.07, 6.45) is 1.16. The molecule has 208 valence electrons. The molecule has 4 N–H and O–H groups in total. The van der Waals surface area contributed by atoms with Crippen molar-refractivity contribution in [2.75, 3.05) is 17.7 Å². The Bertz CT molecular complexity index is 1790. The van der Waals surface area contributed by atoms with Crippen LogP contribution in [0.4, 0.5) is 16.2 Å². The fourth-order valence-electron chi connectivity index (χ4n) is 4.09. The molecule has 0 unspecified atom stereocenters. The molecule has 5 aromatic rings. The van der Waals surface area contributed by atoms with Crippen molar-refractivity contribution in [2.45, 2.75) is 12.8 Å². The Morgan fingerprint density at radius 3 is 2.51 bits per heavy atom. The van der Waals surface area contributed by atoms with Gasteiger partial charge in [-0.3, -0.25) is 9.36 Å². The van der Waals surface area contributed by atoms with Crippen LogP contribution in [-0.4, -0.2) is 48.6 Å². The lowest BCUT2D eigenvalue weighted by Gasteiger charge is -2.14. The summed E-state index contributed by atoms with van der Waals surface area (Å²) in [6.45, 7) is 0. The number of fused-ring (bicyclic) bond motifs is 1. The summed E-state index contributed by atoms with van der Waals surface area (Å²) in [5, 5.41) is 24.8. The highest BCUT2D eigenvalue weighted by atomic mass is 16.7. The quantitative estimate of drug-likeness (QED) is 0.224. The monoisotopic (exact) mass is 556 g/mol. The van der Waals surface area contributed by atoms with Gasteiger partial charge in [0.15, 0.2) is 5.65 Å². The van der Waals surface area contributed by atoms with Gasteiger partial charge in [-0.2, -0.15) is 0 Å². The van der Waals surface area contributed by atoms with E-state index >= 15 is 0 Å². The number of hydrogen-bond donors (Lipinski definition) is 4. The molecule has 0 saturated heterocycles. The number of ether oxygens (including phenoxy) is 1. The zero-order valence-electron chi connectivity index (χ0n) is 21.6. The maximum Gasteiger partial charge on any atom is 0.333 e. The summed E-state index contributed by atoms with van der Waals surface area (Å²) in [5.41, 5.74) is 1.52. The predicted molar refractivity (Wildman–Crippen MR) is 148 cm³/mol. The first-order chi connectivity index (χ1) is 19.8. The number of pyridine rings is 1. The van der Waals surface area contributed by atoms with Crippen LogP contribution in [0.3, 0.4) is 0 Å². The second-order valence-electron chi connectivity index (χ2n) is 8.68. The number of carbonyl (C=O) groups excluding carboxylic acids is 2. The summed E-state index contributed by atoms with van der Waals surface area (Å²) in [7, 11) is 1.50. The third-order valence-electron chi connectivity index (χ3n) is 5.96. The molecule has 0 bridgehead atoms. The Hall–Kier alpha value is -5.85. The first-order valence-corrected chi connectivity index (χ1v) is 12.3. The SMILES string of the molecule is COc1ccccc1NC(=O)Nc1cccc(-n2c(=O)c(CCC(=O)On3c(O)ccc3O)nc3cccnc32)c1. The molecule has 0 radical (unpaired) electrons. The van der Waals surface area contributed by atoms with E-state index in [1.165, 1.54) is 17.9 Å². The van der Waals surface area contributed by atoms with Crippen LogP contribution in [0.25, 0.3) is 16.9 Å². The van der Waals surface area contributed by atoms with Crippen LogP contribution in [0.2, 0.25) is 0 Å². The van der Waals surface area contributed by atoms with Gasteiger partial charge in [0, 0.05) is 30.4 Å². The Balaban J connectivity index is 1.40. The van der Waals surface area contributed by atoms with Crippen molar-refractivity contribution in [2.24, 2.45) is 0 Å². The molecule has 0 spiro atoms. The lowest BCUT2D eigenvalue weighted by molar-refractivity contribution is -0.145. The molecule has 2 aromatic carbocycles. The number of amides is 2. The summed E-state index contributed by atoms with van der Waals surface area (Å²) >= 11 is 0. The molecule has 13 nitrogen and oxygen atoms in total. The minimum Gasteiger partial charge on any atom is -0.495 e. The number of nitrogens with one attached hydrogen (secondary N) is 2. The Labute approximate surface area is 232 Å². The number of rotatable bonds is 8. The highest BCUT2D eigenvalue weighted by molar-refractivity contribution is 6.00. The summed E-state index contributed by atoms with van der Waals surface area (Å²) < 4.78 is 7.18. The highest BCUT2D eigenvalue weighted by Gasteiger charge is 2.18. The fraction of sp³-hybridized carbons (Fsp3) is 0.107. The molecule has 5 rings (SSSR count). The third-order valence-corrected chi connectivity index (χ3v) is 5.96. The number of methoxy groups -OCH3 is 1. The van der Waals surface area contributed by atoms with Crippen molar-refractivity contribution < 1.29 is 29.4 Å². The van der Waals surface area contributed by atoms with E-state index in [0.29, 0.717) is 33.1 Å². The Morgan fingerprint density at radius 1 is 0.951 bits per heavy atom. The standard InChI is InChI=1S/C28H24N6O7/c1-40-22-10-3-2-8-19(22)32-28(39)30-17-6-4-7-18(16-17)33-26-20(9-5-15-29-26)31-21(27(33)38)11-14-25(37)41-34-23(35)12-13-24(34)36/h2-10,12-13,15-16,35-36H,11,14H2,1H3,(H2,30,32,39). The van der Waals surface area contributed by atoms with Crippen LogP contribution in [0, 0.1) is 0 Å². The smallest absolute Gasteiger partial charge is 0.333 e. The van der Waals surface area contributed by atoms with Gasteiger partial charge in [0.1, 0.15) is 17.0 Å². The minimum absolute atomic E-state index is 0.0654.